The fraction of sp³-hybridized carbons (Fsp3) is 0.316. The van der Waals surface area contributed by atoms with Crippen LogP contribution < -0.4 is 4.74 Å². The molecule has 0 radical (unpaired) electrons. The molecule has 2 aromatic rings. The second-order valence-corrected chi connectivity index (χ2v) is 6.03. The molecule has 1 saturated heterocycles. The van der Waals surface area contributed by atoms with Gasteiger partial charge in [-0.3, -0.25) is 4.79 Å². The van der Waals surface area contributed by atoms with Gasteiger partial charge in [-0.15, -0.1) is 0 Å². The third-order valence-electron chi connectivity index (χ3n) is 4.26. The lowest BCUT2D eigenvalue weighted by Gasteiger charge is -2.25. The Kier molecular flexibility index (Phi) is 5.28. The highest BCUT2D eigenvalue weighted by Gasteiger charge is 2.34. The van der Waals surface area contributed by atoms with Gasteiger partial charge in [-0.05, 0) is 36.2 Å². The van der Waals surface area contributed by atoms with Crippen molar-refractivity contribution in [2.75, 3.05) is 13.2 Å². The van der Waals surface area contributed by atoms with E-state index in [1.165, 1.54) is 24.3 Å². The van der Waals surface area contributed by atoms with Crippen molar-refractivity contribution in [2.45, 2.75) is 25.0 Å². The number of rotatable bonds is 5. The summed E-state index contributed by atoms with van der Waals surface area (Å²) in [6.45, 7) is 0.267. The predicted molar refractivity (Wildman–Crippen MR) is 88.0 cm³/mol. The van der Waals surface area contributed by atoms with E-state index in [2.05, 4.69) is 0 Å². The van der Waals surface area contributed by atoms with Gasteiger partial charge in [-0.25, -0.2) is 8.78 Å². The summed E-state index contributed by atoms with van der Waals surface area (Å²) < 4.78 is 31.9. The maximum atomic E-state index is 13.5. The first-order chi connectivity index (χ1) is 12.0. The molecule has 0 aromatic heterocycles. The fourth-order valence-corrected chi connectivity index (χ4v) is 3.04. The summed E-state index contributed by atoms with van der Waals surface area (Å²) in [6.07, 6.45) is -0.143. The number of aliphatic hydroxyl groups is 1. The lowest BCUT2D eigenvalue weighted by molar-refractivity contribution is -0.133. The molecule has 1 aliphatic heterocycles. The topological polar surface area (TPSA) is 49.8 Å². The van der Waals surface area contributed by atoms with Crippen LogP contribution in [-0.4, -0.2) is 35.2 Å². The number of carbonyl (C=O) groups excluding carboxylic acids is 1. The minimum absolute atomic E-state index is 0.0441. The van der Waals surface area contributed by atoms with Crippen LogP contribution in [0.2, 0.25) is 0 Å². The minimum Gasteiger partial charge on any atom is -0.490 e. The minimum atomic E-state index is -0.619. The van der Waals surface area contributed by atoms with E-state index < -0.39 is 11.9 Å². The molecule has 0 spiro atoms. The molecule has 0 bridgehead atoms. The summed E-state index contributed by atoms with van der Waals surface area (Å²) in [5.41, 5.74) is 0.779. The quantitative estimate of drug-likeness (QED) is 0.904. The summed E-state index contributed by atoms with van der Waals surface area (Å²) >= 11 is 0. The predicted octanol–water partition coefficient (Wildman–Crippen LogP) is 3.07. The molecule has 4 nitrogen and oxygen atoms in total. The number of benzene rings is 2. The highest BCUT2D eigenvalue weighted by molar-refractivity contribution is 5.77. The number of para-hydroxylation sites is 1. The Bertz CT molecular complexity index is 736. The second kappa shape index (κ2) is 7.61. The van der Waals surface area contributed by atoms with Crippen molar-refractivity contribution in [1.82, 2.24) is 4.90 Å². The first-order valence-corrected chi connectivity index (χ1v) is 8.15. The van der Waals surface area contributed by atoms with Crippen LogP contribution in [0.4, 0.5) is 8.78 Å². The standard InChI is InChI=1S/C19H19F2NO3/c20-14-7-5-13(6-8-14)17-11-15(23)12-22(17)19(24)9-10-25-18-4-2-1-3-16(18)21/h1-8,15,17,23H,9-12H2/t15-,17+/m0/s1. The summed E-state index contributed by atoms with van der Waals surface area (Å²) in [4.78, 5) is 14.1. The number of halogens is 2. The largest absolute Gasteiger partial charge is 0.490 e. The van der Waals surface area contributed by atoms with E-state index in [0.29, 0.717) is 6.42 Å². The Labute approximate surface area is 144 Å². The molecule has 3 rings (SSSR count). The van der Waals surface area contributed by atoms with Crippen molar-refractivity contribution >= 4 is 5.91 Å². The summed E-state index contributed by atoms with van der Waals surface area (Å²) in [7, 11) is 0. The molecule has 0 saturated carbocycles. The van der Waals surface area contributed by atoms with Crippen molar-refractivity contribution in [3.8, 4) is 5.75 Å². The van der Waals surface area contributed by atoms with Gasteiger partial charge < -0.3 is 14.7 Å². The highest BCUT2D eigenvalue weighted by atomic mass is 19.1. The molecule has 6 heteroatoms. The molecule has 2 atom stereocenters. The Balaban J connectivity index is 1.61. The molecule has 0 aliphatic carbocycles. The molecular weight excluding hydrogens is 328 g/mol. The van der Waals surface area contributed by atoms with Crippen molar-refractivity contribution in [2.24, 2.45) is 0 Å². The van der Waals surface area contributed by atoms with Crippen LogP contribution in [0.25, 0.3) is 0 Å². The molecule has 1 heterocycles. The van der Waals surface area contributed by atoms with Crippen LogP contribution in [0.15, 0.2) is 48.5 Å². The van der Waals surface area contributed by atoms with E-state index in [1.54, 1.807) is 29.2 Å². The second-order valence-electron chi connectivity index (χ2n) is 6.03. The lowest BCUT2D eigenvalue weighted by atomic mass is 10.0. The smallest absolute Gasteiger partial charge is 0.226 e. The van der Waals surface area contributed by atoms with E-state index >= 15 is 0 Å². The monoisotopic (exact) mass is 347 g/mol. The Morgan fingerprint density at radius 2 is 1.88 bits per heavy atom. The van der Waals surface area contributed by atoms with E-state index in [9.17, 15) is 18.7 Å². The summed E-state index contributed by atoms with van der Waals surface area (Å²) in [5, 5.41) is 9.93. The van der Waals surface area contributed by atoms with Crippen LogP contribution >= 0.6 is 0 Å². The van der Waals surface area contributed by atoms with E-state index in [4.69, 9.17) is 4.74 Å². The van der Waals surface area contributed by atoms with Crippen molar-refractivity contribution in [3.63, 3.8) is 0 Å². The third-order valence-corrected chi connectivity index (χ3v) is 4.26. The maximum absolute atomic E-state index is 13.5. The van der Waals surface area contributed by atoms with E-state index in [1.807, 2.05) is 0 Å². The molecule has 2 aromatic carbocycles. The van der Waals surface area contributed by atoms with Gasteiger partial charge in [-0.2, -0.15) is 0 Å². The zero-order valence-corrected chi connectivity index (χ0v) is 13.6. The number of likely N-dealkylation sites (tertiary alicyclic amines) is 1. The first-order valence-electron chi connectivity index (χ1n) is 8.15. The molecule has 0 unspecified atom stereocenters. The number of hydrogen-bond acceptors (Lipinski definition) is 3. The van der Waals surface area contributed by atoms with Crippen LogP contribution in [-0.2, 0) is 4.79 Å². The number of carbonyl (C=O) groups is 1. The Morgan fingerprint density at radius 3 is 2.60 bits per heavy atom. The van der Waals surface area contributed by atoms with Crippen LogP contribution in [0.1, 0.15) is 24.4 Å². The van der Waals surface area contributed by atoms with Gasteiger partial charge in [0, 0.05) is 6.54 Å². The number of nitrogens with zero attached hydrogens (tertiary/aromatic N) is 1. The van der Waals surface area contributed by atoms with Gasteiger partial charge in [0.15, 0.2) is 11.6 Å². The average molecular weight is 347 g/mol. The van der Waals surface area contributed by atoms with Crippen LogP contribution in [0.5, 0.6) is 5.75 Å². The zero-order valence-electron chi connectivity index (χ0n) is 13.6. The molecule has 25 heavy (non-hydrogen) atoms. The number of amides is 1. The van der Waals surface area contributed by atoms with E-state index in [0.717, 1.165) is 5.56 Å². The van der Waals surface area contributed by atoms with Gasteiger partial charge in [0.05, 0.1) is 25.2 Å². The number of aliphatic hydroxyl groups excluding tert-OH is 1. The van der Waals surface area contributed by atoms with Gasteiger partial charge in [-0.1, -0.05) is 24.3 Å². The van der Waals surface area contributed by atoms with Crippen molar-refractivity contribution < 1.29 is 23.4 Å². The van der Waals surface area contributed by atoms with Crippen LogP contribution in [0.3, 0.4) is 0 Å². The number of ether oxygens (including phenoxy) is 1. The number of hydrogen-bond donors (Lipinski definition) is 1. The fourth-order valence-electron chi connectivity index (χ4n) is 3.04. The van der Waals surface area contributed by atoms with Crippen molar-refractivity contribution in [3.05, 3.63) is 65.7 Å². The average Bonchev–Trinajstić information content (AvgIpc) is 2.99. The molecular formula is C19H19F2NO3. The van der Waals surface area contributed by atoms with Gasteiger partial charge in [0.2, 0.25) is 5.91 Å². The van der Waals surface area contributed by atoms with Gasteiger partial charge in [0.1, 0.15) is 5.82 Å². The number of β-amino-alcohol motifs (C(OH)–C–C–N with tert-alkyl or cyclic N) is 1. The molecule has 132 valence electrons. The normalized spacial score (nSPS) is 19.9. The first kappa shape index (κ1) is 17.4. The molecule has 1 amide bonds. The Hall–Kier alpha value is -2.47. The zero-order chi connectivity index (χ0) is 17.8. The Morgan fingerprint density at radius 1 is 1.16 bits per heavy atom. The molecule has 1 aliphatic rings. The summed E-state index contributed by atoms with van der Waals surface area (Å²) in [5.74, 6) is -0.914. The highest BCUT2D eigenvalue weighted by Crippen LogP contribution is 2.32. The van der Waals surface area contributed by atoms with Crippen molar-refractivity contribution in [1.29, 1.82) is 0 Å². The SMILES string of the molecule is O=C(CCOc1ccccc1F)N1C[C@@H](O)C[C@@H]1c1ccc(F)cc1. The van der Waals surface area contributed by atoms with Gasteiger partial charge >= 0.3 is 0 Å². The lowest BCUT2D eigenvalue weighted by Crippen LogP contribution is -2.32. The summed E-state index contributed by atoms with van der Waals surface area (Å²) in [6, 6.07) is 11.6. The van der Waals surface area contributed by atoms with Crippen LogP contribution in [0, 0.1) is 11.6 Å². The molecule has 1 fully saturated rings. The maximum Gasteiger partial charge on any atom is 0.226 e. The van der Waals surface area contributed by atoms with Gasteiger partial charge in [0.25, 0.3) is 0 Å². The molecule has 1 N–H and O–H groups in total. The third kappa shape index (κ3) is 4.14. The van der Waals surface area contributed by atoms with E-state index in [-0.39, 0.29) is 43.1 Å².